The number of aliphatic hydroxyl groups excluding tert-OH is 1. The van der Waals surface area contributed by atoms with Crippen molar-refractivity contribution in [3.05, 3.63) is 0 Å². The van der Waals surface area contributed by atoms with Gasteiger partial charge in [-0.15, -0.1) is 5.10 Å². The van der Waals surface area contributed by atoms with Crippen molar-refractivity contribution in [2.45, 2.75) is 24.5 Å². The molecule has 1 heterocycles. The fraction of sp³-hybridized carbons (Fsp3) is 0.875. The highest BCUT2D eigenvalue weighted by Gasteiger charge is 2.21. The average molecular weight is 230 g/mol. The van der Waals surface area contributed by atoms with Crippen LogP contribution in [0.2, 0.25) is 0 Å². The van der Waals surface area contributed by atoms with Gasteiger partial charge in [-0.1, -0.05) is 11.8 Å². The number of aromatic nitrogens is 4. The van der Waals surface area contributed by atoms with Crippen molar-refractivity contribution < 1.29 is 9.84 Å². The van der Waals surface area contributed by atoms with Gasteiger partial charge in [-0.05, 0) is 29.2 Å². The van der Waals surface area contributed by atoms with Crippen molar-refractivity contribution in [2.75, 3.05) is 19.2 Å². The lowest BCUT2D eigenvalue weighted by Gasteiger charge is -2.02. The van der Waals surface area contributed by atoms with E-state index >= 15 is 0 Å². The van der Waals surface area contributed by atoms with Crippen molar-refractivity contribution in [1.29, 1.82) is 0 Å². The molecule has 0 atom stereocenters. The molecule has 0 spiro atoms. The van der Waals surface area contributed by atoms with Crippen molar-refractivity contribution in [3.63, 3.8) is 0 Å². The largest absolute Gasteiger partial charge is 0.394 e. The highest BCUT2D eigenvalue weighted by Crippen LogP contribution is 2.29. The molecule has 0 saturated heterocycles. The van der Waals surface area contributed by atoms with Crippen LogP contribution in [0.25, 0.3) is 0 Å². The van der Waals surface area contributed by atoms with Crippen molar-refractivity contribution >= 4 is 11.8 Å². The molecule has 0 unspecified atom stereocenters. The van der Waals surface area contributed by atoms with Crippen molar-refractivity contribution in [2.24, 2.45) is 5.92 Å². The quantitative estimate of drug-likeness (QED) is 0.408. The first-order valence-corrected chi connectivity index (χ1v) is 5.96. The molecule has 1 aliphatic carbocycles. The summed E-state index contributed by atoms with van der Waals surface area (Å²) in [6, 6.07) is 0. The molecule has 1 aromatic rings. The van der Waals surface area contributed by atoms with E-state index in [-0.39, 0.29) is 6.61 Å². The number of nitrogens with zero attached hydrogens (tertiary/aromatic N) is 4. The summed E-state index contributed by atoms with van der Waals surface area (Å²) < 4.78 is 7.03. The molecule has 0 aliphatic heterocycles. The molecule has 0 aromatic carbocycles. The number of thioether (sulfide) groups is 1. The molecule has 15 heavy (non-hydrogen) atoms. The summed E-state index contributed by atoms with van der Waals surface area (Å²) in [5.74, 6) is 1.35. The third kappa shape index (κ3) is 3.44. The number of hydrogen-bond donors (Lipinski definition) is 1. The molecule has 1 N–H and O–H groups in total. The zero-order valence-electron chi connectivity index (χ0n) is 8.37. The Morgan fingerprint density at radius 3 is 3.13 bits per heavy atom. The Kier molecular flexibility index (Phi) is 3.93. The molecule has 2 rings (SSSR count). The van der Waals surface area contributed by atoms with Crippen LogP contribution in [0, 0.1) is 5.92 Å². The van der Waals surface area contributed by atoms with Gasteiger partial charge in [0.1, 0.15) is 0 Å². The Labute approximate surface area is 92.0 Å². The van der Waals surface area contributed by atoms with E-state index in [1.807, 2.05) is 0 Å². The van der Waals surface area contributed by atoms with Crippen LogP contribution in [-0.2, 0) is 11.3 Å². The Morgan fingerprint density at radius 2 is 2.40 bits per heavy atom. The summed E-state index contributed by atoms with van der Waals surface area (Å²) in [5, 5.41) is 20.6. The minimum atomic E-state index is 0.0432. The van der Waals surface area contributed by atoms with E-state index in [4.69, 9.17) is 9.84 Å². The Balaban J connectivity index is 1.68. The van der Waals surface area contributed by atoms with Gasteiger partial charge in [-0.3, -0.25) is 0 Å². The zero-order chi connectivity index (χ0) is 10.5. The number of hydrogen-bond acceptors (Lipinski definition) is 6. The number of rotatable bonds is 7. The van der Waals surface area contributed by atoms with Gasteiger partial charge >= 0.3 is 0 Å². The SMILES string of the molecule is OCCn1nnnc1SCOCC1CC1. The molecule has 0 bridgehead atoms. The number of aliphatic hydroxyl groups is 1. The van der Waals surface area contributed by atoms with Crippen LogP contribution in [-0.4, -0.2) is 44.5 Å². The molecule has 7 heteroatoms. The highest BCUT2D eigenvalue weighted by atomic mass is 32.2. The van der Waals surface area contributed by atoms with Crippen molar-refractivity contribution in [3.8, 4) is 0 Å². The Hall–Kier alpha value is -0.660. The monoisotopic (exact) mass is 230 g/mol. The predicted octanol–water partition coefficient (Wildman–Crippen LogP) is 0.142. The maximum Gasteiger partial charge on any atom is 0.211 e. The Bertz CT molecular complexity index is 303. The minimum absolute atomic E-state index is 0.0432. The van der Waals surface area contributed by atoms with Gasteiger partial charge in [-0.25, -0.2) is 4.68 Å². The third-order valence-electron chi connectivity index (χ3n) is 2.13. The van der Waals surface area contributed by atoms with Crippen LogP contribution in [0.1, 0.15) is 12.8 Å². The van der Waals surface area contributed by atoms with E-state index < -0.39 is 0 Å². The second-order valence-electron chi connectivity index (χ2n) is 3.48. The highest BCUT2D eigenvalue weighted by molar-refractivity contribution is 7.99. The van der Waals surface area contributed by atoms with Crippen LogP contribution >= 0.6 is 11.8 Å². The van der Waals surface area contributed by atoms with E-state index in [1.165, 1.54) is 24.6 Å². The van der Waals surface area contributed by atoms with Crippen molar-refractivity contribution in [1.82, 2.24) is 20.2 Å². The molecule has 1 fully saturated rings. The first-order chi connectivity index (χ1) is 7.40. The fourth-order valence-electron chi connectivity index (χ4n) is 1.13. The minimum Gasteiger partial charge on any atom is -0.394 e. The van der Waals surface area contributed by atoms with E-state index in [0.717, 1.165) is 12.5 Å². The van der Waals surface area contributed by atoms with E-state index in [2.05, 4.69) is 15.5 Å². The van der Waals surface area contributed by atoms with E-state index in [9.17, 15) is 0 Å². The van der Waals surface area contributed by atoms with Gasteiger partial charge in [0.2, 0.25) is 5.16 Å². The second-order valence-corrected chi connectivity index (χ2v) is 4.37. The number of ether oxygens (including phenoxy) is 1. The molecule has 0 amide bonds. The summed E-state index contributed by atoms with van der Waals surface area (Å²) in [6.45, 7) is 1.31. The van der Waals surface area contributed by atoms with Gasteiger partial charge in [0.15, 0.2) is 0 Å². The summed E-state index contributed by atoms with van der Waals surface area (Å²) >= 11 is 1.46. The summed E-state index contributed by atoms with van der Waals surface area (Å²) in [6.07, 6.45) is 2.60. The van der Waals surface area contributed by atoms with Gasteiger partial charge in [-0.2, -0.15) is 0 Å². The maximum absolute atomic E-state index is 8.76. The van der Waals surface area contributed by atoms with Gasteiger partial charge in [0, 0.05) is 0 Å². The Morgan fingerprint density at radius 1 is 1.53 bits per heavy atom. The van der Waals surface area contributed by atoms with E-state index in [1.54, 1.807) is 4.68 Å². The van der Waals surface area contributed by atoms with Gasteiger partial charge < -0.3 is 9.84 Å². The lowest BCUT2D eigenvalue weighted by Crippen LogP contribution is -2.06. The van der Waals surface area contributed by atoms with Gasteiger partial charge in [0.25, 0.3) is 0 Å². The first-order valence-electron chi connectivity index (χ1n) is 4.97. The molecule has 6 nitrogen and oxygen atoms in total. The molecule has 1 aromatic heterocycles. The molecule has 0 radical (unpaired) electrons. The predicted molar refractivity (Wildman–Crippen MR) is 54.3 cm³/mol. The summed E-state index contributed by atoms with van der Waals surface area (Å²) in [4.78, 5) is 0. The molecule has 84 valence electrons. The lowest BCUT2D eigenvalue weighted by atomic mass is 10.5. The molecular formula is C8H14N4O2S. The normalized spacial score (nSPS) is 15.8. The fourth-order valence-corrected chi connectivity index (χ4v) is 1.78. The smallest absolute Gasteiger partial charge is 0.211 e. The zero-order valence-corrected chi connectivity index (χ0v) is 9.19. The summed E-state index contributed by atoms with van der Waals surface area (Å²) in [5.41, 5.74) is 0. The standard InChI is InChI=1S/C8H14N4O2S/c13-4-3-12-8(9-10-11-12)15-6-14-5-7-1-2-7/h7,13H,1-6H2. The molecule has 1 saturated carbocycles. The number of tetrazole rings is 1. The van der Waals surface area contributed by atoms with Crippen LogP contribution in [0.4, 0.5) is 0 Å². The maximum atomic E-state index is 8.76. The van der Waals surface area contributed by atoms with E-state index in [0.29, 0.717) is 17.6 Å². The van der Waals surface area contributed by atoms with Crippen LogP contribution in [0.5, 0.6) is 0 Å². The average Bonchev–Trinajstić information content (AvgIpc) is 2.96. The van der Waals surface area contributed by atoms with Crippen LogP contribution < -0.4 is 0 Å². The topological polar surface area (TPSA) is 73.1 Å². The summed E-state index contributed by atoms with van der Waals surface area (Å²) in [7, 11) is 0. The second kappa shape index (κ2) is 5.43. The first kappa shape index (κ1) is 10.8. The molecular weight excluding hydrogens is 216 g/mol. The third-order valence-corrected chi connectivity index (χ3v) is 2.97. The lowest BCUT2D eigenvalue weighted by molar-refractivity contribution is 0.170. The van der Waals surface area contributed by atoms with Crippen LogP contribution in [0.15, 0.2) is 5.16 Å². The van der Waals surface area contributed by atoms with Crippen LogP contribution in [0.3, 0.4) is 0 Å². The molecule has 1 aliphatic rings. The van der Waals surface area contributed by atoms with Gasteiger partial charge in [0.05, 0.1) is 25.7 Å².